The Morgan fingerprint density at radius 1 is 1.41 bits per heavy atom. The lowest BCUT2D eigenvalue weighted by Crippen LogP contribution is -2.29. The van der Waals surface area contributed by atoms with Gasteiger partial charge in [0.15, 0.2) is 0 Å². The van der Waals surface area contributed by atoms with E-state index in [0.29, 0.717) is 11.3 Å². The highest BCUT2D eigenvalue weighted by Gasteiger charge is 2.38. The Hall–Kier alpha value is -2.67. The number of fused-ring (bicyclic) bond motifs is 5. The molecule has 0 spiro atoms. The van der Waals surface area contributed by atoms with Crippen molar-refractivity contribution in [1.82, 2.24) is 14.5 Å². The van der Waals surface area contributed by atoms with Gasteiger partial charge in [0.25, 0.3) is 5.91 Å². The van der Waals surface area contributed by atoms with Gasteiger partial charge >= 0.3 is 0 Å². The molecule has 22 heavy (non-hydrogen) atoms. The molecule has 0 radical (unpaired) electrons. The Morgan fingerprint density at radius 3 is 3.14 bits per heavy atom. The number of hydrogen-bond donors (Lipinski definition) is 1. The summed E-state index contributed by atoms with van der Waals surface area (Å²) in [5.74, 6) is 5.03. The molecule has 1 aromatic carbocycles. The van der Waals surface area contributed by atoms with Gasteiger partial charge in [-0.05, 0) is 25.0 Å². The third-order valence-corrected chi connectivity index (χ3v) is 4.29. The fourth-order valence-electron chi connectivity index (χ4n) is 3.39. The van der Waals surface area contributed by atoms with Crippen LogP contribution in [0.2, 0.25) is 0 Å². The first-order chi connectivity index (χ1) is 10.8. The third kappa shape index (κ3) is 1.75. The van der Waals surface area contributed by atoms with Crippen LogP contribution in [0.5, 0.6) is 0 Å². The lowest BCUT2D eigenvalue weighted by atomic mass is 10.1. The first-order valence-electron chi connectivity index (χ1n) is 7.18. The minimum absolute atomic E-state index is 0.00150. The number of oxime groups is 1. The smallest absolute Gasteiger partial charge is 0.256 e. The number of carbonyl (C=O) groups excluding carboxylic acids is 1. The van der Waals surface area contributed by atoms with Crippen molar-refractivity contribution in [3.8, 4) is 5.69 Å². The molecule has 1 atom stereocenters. The van der Waals surface area contributed by atoms with Crippen LogP contribution in [0.4, 0.5) is 0 Å². The Kier molecular flexibility index (Phi) is 2.93. The molecule has 2 aliphatic heterocycles. The second-order valence-corrected chi connectivity index (χ2v) is 5.40. The fraction of sp³-hybridized carbons (Fsp3) is 0.267. The number of carbonyl (C=O) groups is 1. The van der Waals surface area contributed by atoms with E-state index < -0.39 is 0 Å². The number of nitrogens with two attached hydrogens (primary N) is 1. The lowest BCUT2D eigenvalue weighted by molar-refractivity contribution is 0.0738. The molecule has 0 aliphatic carbocycles. The zero-order valence-corrected chi connectivity index (χ0v) is 11.8. The molecule has 0 unspecified atom stereocenters. The van der Waals surface area contributed by atoms with Gasteiger partial charge in [-0.25, -0.2) is 4.98 Å². The highest BCUT2D eigenvalue weighted by Crippen LogP contribution is 2.39. The van der Waals surface area contributed by atoms with Crippen molar-refractivity contribution in [3.05, 3.63) is 47.5 Å². The molecule has 2 N–H and O–H groups in total. The maximum atomic E-state index is 12.8. The van der Waals surface area contributed by atoms with Gasteiger partial charge in [-0.2, -0.15) is 0 Å². The number of aromatic nitrogens is 2. The SMILES string of the molecule is NON=Cc1ncn2c1[C@@H]1CCCN1C(=O)c1ccccc1-2. The first-order valence-corrected chi connectivity index (χ1v) is 7.18. The van der Waals surface area contributed by atoms with E-state index in [2.05, 4.69) is 15.1 Å². The molecule has 112 valence electrons. The Bertz CT molecular complexity index is 767. The molecular weight excluding hydrogens is 282 g/mol. The van der Waals surface area contributed by atoms with E-state index >= 15 is 0 Å². The minimum Gasteiger partial charge on any atom is -0.330 e. The van der Waals surface area contributed by atoms with E-state index in [0.717, 1.165) is 30.8 Å². The van der Waals surface area contributed by atoms with Gasteiger partial charge in [-0.3, -0.25) is 9.36 Å². The number of amides is 1. The molecule has 0 saturated carbocycles. The normalized spacial score (nSPS) is 19.8. The van der Waals surface area contributed by atoms with Crippen LogP contribution < -0.4 is 5.90 Å². The molecule has 7 nitrogen and oxygen atoms in total. The Labute approximate surface area is 126 Å². The van der Waals surface area contributed by atoms with Crippen molar-refractivity contribution in [2.24, 2.45) is 11.1 Å². The van der Waals surface area contributed by atoms with Gasteiger partial charge in [-0.15, -0.1) is 5.90 Å². The van der Waals surface area contributed by atoms with Gasteiger partial charge in [0.2, 0.25) is 0 Å². The highest BCUT2D eigenvalue weighted by atomic mass is 16.7. The van der Waals surface area contributed by atoms with Crippen molar-refractivity contribution >= 4 is 12.1 Å². The molecule has 1 saturated heterocycles. The van der Waals surface area contributed by atoms with Crippen molar-refractivity contribution in [2.45, 2.75) is 18.9 Å². The van der Waals surface area contributed by atoms with Crippen LogP contribution >= 0.6 is 0 Å². The van der Waals surface area contributed by atoms with Crippen LogP contribution in [-0.2, 0) is 4.94 Å². The van der Waals surface area contributed by atoms with Crippen LogP contribution in [0.15, 0.2) is 35.7 Å². The molecule has 7 heteroatoms. The van der Waals surface area contributed by atoms with Crippen LogP contribution in [0.1, 0.15) is 40.6 Å². The van der Waals surface area contributed by atoms with Gasteiger partial charge < -0.3 is 9.84 Å². The van der Waals surface area contributed by atoms with E-state index in [1.807, 2.05) is 33.7 Å². The predicted molar refractivity (Wildman–Crippen MR) is 79.4 cm³/mol. The highest BCUT2D eigenvalue weighted by molar-refractivity contribution is 5.99. The van der Waals surface area contributed by atoms with Gasteiger partial charge in [0.05, 0.1) is 29.2 Å². The Balaban J connectivity index is 1.97. The monoisotopic (exact) mass is 297 g/mol. The average molecular weight is 297 g/mol. The summed E-state index contributed by atoms with van der Waals surface area (Å²) >= 11 is 0. The maximum Gasteiger partial charge on any atom is 0.256 e. The number of imidazole rings is 1. The van der Waals surface area contributed by atoms with E-state index in [1.54, 1.807) is 6.33 Å². The quantitative estimate of drug-likeness (QED) is 0.670. The summed E-state index contributed by atoms with van der Waals surface area (Å²) in [7, 11) is 0. The number of benzene rings is 1. The first kappa shape index (κ1) is 13.0. The summed E-state index contributed by atoms with van der Waals surface area (Å²) in [6.07, 6.45) is 5.10. The van der Waals surface area contributed by atoms with Crippen LogP contribution in [-0.4, -0.2) is 33.1 Å². The van der Waals surface area contributed by atoms with E-state index in [-0.39, 0.29) is 11.9 Å². The number of rotatable bonds is 2. The van der Waals surface area contributed by atoms with Crippen LogP contribution in [0.3, 0.4) is 0 Å². The lowest BCUT2D eigenvalue weighted by Gasteiger charge is -2.22. The largest absolute Gasteiger partial charge is 0.330 e. The summed E-state index contributed by atoms with van der Waals surface area (Å²) < 4.78 is 1.97. The van der Waals surface area contributed by atoms with E-state index in [4.69, 9.17) is 5.90 Å². The fourth-order valence-corrected chi connectivity index (χ4v) is 3.39. The van der Waals surface area contributed by atoms with Gasteiger partial charge in [0.1, 0.15) is 12.0 Å². The second-order valence-electron chi connectivity index (χ2n) is 5.40. The zero-order valence-electron chi connectivity index (χ0n) is 11.8. The molecule has 1 fully saturated rings. The van der Waals surface area contributed by atoms with Crippen molar-refractivity contribution in [3.63, 3.8) is 0 Å². The molecule has 4 rings (SSSR count). The number of hydrogen-bond acceptors (Lipinski definition) is 5. The van der Waals surface area contributed by atoms with Gasteiger partial charge in [-0.1, -0.05) is 17.3 Å². The average Bonchev–Trinajstić information content (AvgIpc) is 3.16. The predicted octanol–water partition coefficient (Wildman–Crippen LogP) is 1.39. The van der Waals surface area contributed by atoms with Crippen LogP contribution in [0, 0.1) is 0 Å². The van der Waals surface area contributed by atoms with Crippen molar-refractivity contribution in [2.75, 3.05) is 6.54 Å². The molecule has 2 aliphatic rings. The van der Waals surface area contributed by atoms with Crippen LogP contribution in [0.25, 0.3) is 5.69 Å². The maximum absolute atomic E-state index is 12.8. The third-order valence-electron chi connectivity index (χ3n) is 4.29. The zero-order chi connectivity index (χ0) is 15.1. The molecule has 0 bridgehead atoms. The summed E-state index contributed by atoms with van der Waals surface area (Å²) in [6, 6.07) is 7.60. The summed E-state index contributed by atoms with van der Waals surface area (Å²) in [6.45, 7) is 0.757. The minimum atomic E-state index is 0.00150. The summed E-state index contributed by atoms with van der Waals surface area (Å²) in [4.78, 5) is 23.4. The molecular formula is C15H15N5O2. The summed E-state index contributed by atoms with van der Waals surface area (Å²) in [5, 5.41) is 3.62. The van der Waals surface area contributed by atoms with E-state index in [1.165, 1.54) is 6.21 Å². The number of para-hydroxylation sites is 1. The molecule has 1 amide bonds. The molecule has 2 aromatic rings. The topological polar surface area (TPSA) is 85.7 Å². The van der Waals surface area contributed by atoms with E-state index in [9.17, 15) is 4.79 Å². The summed E-state index contributed by atoms with van der Waals surface area (Å²) in [5.41, 5.74) is 3.17. The second kappa shape index (κ2) is 4.96. The molecule has 1 aromatic heterocycles. The standard InChI is InChI=1S/C15H15N5O2/c16-22-18-8-11-14-13-6-3-7-19(13)15(21)10-4-1-2-5-12(10)20(14)9-17-11/h1-2,4-5,8-9,13H,3,6-7,16H2/t13-/m0/s1. The number of nitrogens with zero attached hydrogens (tertiary/aromatic N) is 4. The molecule has 3 heterocycles. The van der Waals surface area contributed by atoms with Crippen molar-refractivity contribution < 1.29 is 9.73 Å². The Morgan fingerprint density at radius 2 is 2.27 bits per heavy atom. The van der Waals surface area contributed by atoms with Gasteiger partial charge in [0, 0.05) is 6.54 Å². The van der Waals surface area contributed by atoms with Crippen molar-refractivity contribution in [1.29, 1.82) is 0 Å².